The summed E-state index contributed by atoms with van der Waals surface area (Å²) in [5.41, 5.74) is 3.09. The van der Waals surface area contributed by atoms with Crippen LogP contribution in [-0.2, 0) is 11.2 Å². The molecule has 4 rings (SSSR count). The van der Waals surface area contributed by atoms with Gasteiger partial charge in [0.15, 0.2) is 0 Å². The highest BCUT2D eigenvalue weighted by Crippen LogP contribution is 2.33. The third-order valence-corrected chi connectivity index (χ3v) is 7.13. The lowest BCUT2D eigenvalue weighted by molar-refractivity contribution is -0.125. The Morgan fingerprint density at radius 3 is 2.72 bits per heavy atom. The number of rotatable bonds is 6. The van der Waals surface area contributed by atoms with Crippen LogP contribution < -0.4 is 5.32 Å². The van der Waals surface area contributed by atoms with Crippen molar-refractivity contribution in [2.45, 2.75) is 44.6 Å². The zero-order chi connectivity index (χ0) is 20.2. The van der Waals surface area contributed by atoms with Gasteiger partial charge >= 0.3 is 0 Å². The summed E-state index contributed by atoms with van der Waals surface area (Å²) in [5, 5.41) is 3.30. The Kier molecular flexibility index (Phi) is 6.88. The number of benzene rings is 1. The number of likely N-dealkylation sites (N-methyl/N-ethyl adjacent to an activating group) is 1. The van der Waals surface area contributed by atoms with E-state index in [-0.39, 0.29) is 17.9 Å². The number of fused-ring (bicyclic) bond motifs is 1. The van der Waals surface area contributed by atoms with E-state index in [1.807, 2.05) is 0 Å². The number of likely N-dealkylation sites (tertiary alicyclic amines) is 1. The number of carbonyl (C=O) groups is 1. The summed E-state index contributed by atoms with van der Waals surface area (Å²) in [6.07, 6.45) is 4.81. The van der Waals surface area contributed by atoms with Gasteiger partial charge in [0.25, 0.3) is 0 Å². The highest BCUT2D eigenvalue weighted by Gasteiger charge is 2.31. The Morgan fingerprint density at radius 1 is 1.10 bits per heavy atom. The Labute approximate surface area is 176 Å². The van der Waals surface area contributed by atoms with Crippen molar-refractivity contribution in [3.05, 3.63) is 35.4 Å². The second-order valence-electron chi connectivity index (χ2n) is 9.55. The van der Waals surface area contributed by atoms with Crippen LogP contribution in [0.15, 0.2) is 24.3 Å². The average molecular weight is 399 g/mol. The lowest BCUT2D eigenvalue weighted by Crippen LogP contribution is -2.50. The maximum Gasteiger partial charge on any atom is 0.224 e. The van der Waals surface area contributed by atoms with E-state index in [0.717, 1.165) is 58.8 Å². The lowest BCUT2D eigenvalue weighted by Gasteiger charge is -2.34. The fraction of sp³-hybridized carbons (Fsp3) is 0.708. The van der Waals surface area contributed by atoms with Gasteiger partial charge in [-0.15, -0.1) is 0 Å². The minimum atomic E-state index is 0.156. The summed E-state index contributed by atoms with van der Waals surface area (Å²) in [7, 11) is 2.18. The van der Waals surface area contributed by atoms with Crippen molar-refractivity contribution in [1.29, 1.82) is 0 Å². The van der Waals surface area contributed by atoms with Gasteiger partial charge in [-0.25, -0.2) is 0 Å². The molecule has 2 saturated heterocycles. The first-order valence-electron chi connectivity index (χ1n) is 11.6. The van der Waals surface area contributed by atoms with Crippen molar-refractivity contribution >= 4 is 5.91 Å². The maximum absolute atomic E-state index is 12.8. The first kappa shape index (κ1) is 20.8. The number of carbonyl (C=O) groups excluding carboxylic acids is 1. The van der Waals surface area contributed by atoms with Gasteiger partial charge in [0.2, 0.25) is 5.91 Å². The molecule has 2 aliphatic heterocycles. The zero-order valence-electron chi connectivity index (χ0n) is 18.3. The third kappa shape index (κ3) is 5.39. The van der Waals surface area contributed by atoms with Crippen LogP contribution in [0.2, 0.25) is 0 Å². The quantitative estimate of drug-likeness (QED) is 0.797. The van der Waals surface area contributed by atoms with Crippen molar-refractivity contribution in [3.8, 4) is 0 Å². The van der Waals surface area contributed by atoms with Gasteiger partial charge < -0.3 is 15.1 Å². The van der Waals surface area contributed by atoms with E-state index in [4.69, 9.17) is 0 Å². The van der Waals surface area contributed by atoms with Crippen molar-refractivity contribution in [1.82, 2.24) is 20.0 Å². The molecule has 0 spiro atoms. The van der Waals surface area contributed by atoms with E-state index in [2.05, 4.69) is 58.3 Å². The number of piperazine rings is 1. The van der Waals surface area contributed by atoms with Crippen LogP contribution in [0.1, 0.15) is 43.2 Å². The largest absolute Gasteiger partial charge is 0.352 e. The van der Waals surface area contributed by atoms with Crippen LogP contribution in [0, 0.1) is 5.92 Å². The first-order chi connectivity index (χ1) is 14.1. The van der Waals surface area contributed by atoms with Crippen LogP contribution in [0.5, 0.6) is 0 Å². The molecule has 0 aromatic heterocycles. The van der Waals surface area contributed by atoms with Crippen molar-refractivity contribution in [2.24, 2.45) is 5.92 Å². The van der Waals surface area contributed by atoms with E-state index in [1.54, 1.807) is 5.56 Å². The van der Waals surface area contributed by atoms with Crippen molar-refractivity contribution in [2.75, 3.05) is 59.4 Å². The molecule has 5 nitrogen and oxygen atoms in total. The molecule has 1 aliphatic carbocycles. The molecule has 0 bridgehead atoms. The van der Waals surface area contributed by atoms with Crippen molar-refractivity contribution < 1.29 is 4.79 Å². The first-order valence-corrected chi connectivity index (χ1v) is 11.6. The molecule has 0 saturated carbocycles. The Balaban J connectivity index is 1.23. The number of hydrogen-bond acceptors (Lipinski definition) is 4. The number of hydrogen-bond donors (Lipinski definition) is 1. The zero-order valence-corrected chi connectivity index (χ0v) is 18.3. The lowest BCUT2D eigenvalue weighted by atomic mass is 9.82. The number of aryl methyl sites for hydroxylation is 1. The number of nitrogens with one attached hydrogen (secondary N) is 1. The molecule has 1 aromatic carbocycles. The molecule has 0 radical (unpaired) electrons. The van der Waals surface area contributed by atoms with Gasteiger partial charge in [-0.2, -0.15) is 0 Å². The van der Waals surface area contributed by atoms with E-state index in [0.29, 0.717) is 5.92 Å². The normalized spacial score (nSPS) is 27.5. The Bertz CT molecular complexity index is 685. The molecule has 1 N–H and O–H groups in total. The second kappa shape index (κ2) is 9.59. The molecular formula is C24H38N4O. The molecular weight excluding hydrogens is 360 g/mol. The predicted octanol–water partition coefficient (Wildman–Crippen LogP) is 2.18. The molecule has 2 fully saturated rings. The van der Waals surface area contributed by atoms with E-state index in [1.165, 1.54) is 24.8 Å². The van der Waals surface area contributed by atoms with Crippen molar-refractivity contribution in [3.63, 3.8) is 0 Å². The molecule has 3 atom stereocenters. The molecule has 1 amide bonds. The summed E-state index contributed by atoms with van der Waals surface area (Å²) >= 11 is 0. The molecule has 160 valence electrons. The topological polar surface area (TPSA) is 38.8 Å². The van der Waals surface area contributed by atoms with Crippen LogP contribution in [-0.4, -0.2) is 86.1 Å². The van der Waals surface area contributed by atoms with Gasteiger partial charge in [0.05, 0.1) is 5.92 Å². The highest BCUT2D eigenvalue weighted by atomic mass is 16.2. The highest BCUT2D eigenvalue weighted by molar-refractivity contribution is 5.79. The Morgan fingerprint density at radius 2 is 1.90 bits per heavy atom. The van der Waals surface area contributed by atoms with Crippen LogP contribution in [0.3, 0.4) is 0 Å². The smallest absolute Gasteiger partial charge is 0.224 e. The van der Waals surface area contributed by atoms with Gasteiger partial charge in [-0.3, -0.25) is 9.69 Å². The minimum Gasteiger partial charge on any atom is -0.352 e. The number of nitrogens with zero attached hydrogens (tertiary/aromatic N) is 3. The SMILES string of the molecule is C[C@H](CN1CCN(C)CC1)NC(=O)[C@@H]1CCN(C[C@H]2CCCc3ccccc32)C1. The molecule has 3 aliphatic rings. The summed E-state index contributed by atoms with van der Waals surface area (Å²) in [4.78, 5) is 20.2. The standard InChI is InChI=1S/C24H38N4O/c1-19(16-27-14-12-26(2)13-15-27)25-24(29)22-10-11-28(18-22)17-21-8-5-7-20-6-3-4-9-23(20)21/h3-4,6,9,19,21-22H,5,7-8,10-18H2,1-2H3,(H,25,29)/t19-,21-,22-/m1/s1. The fourth-order valence-electron chi connectivity index (χ4n) is 5.39. The molecule has 1 aromatic rings. The van der Waals surface area contributed by atoms with Gasteiger partial charge in [-0.05, 0) is 63.2 Å². The van der Waals surface area contributed by atoms with Crippen LogP contribution in [0.4, 0.5) is 0 Å². The van der Waals surface area contributed by atoms with E-state index < -0.39 is 0 Å². The van der Waals surface area contributed by atoms with E-state index in [9.17, 15) is 4.79 Å². The van der Waals surface area contributed by atoms with Gasteiger partial charge in [-0.1, -0.05) is 24.3 Å². The average Bonchev–Trinajstić information content (AvgIpc) is 3.19. The van der Waals surface area contributed by atoms with Gasteiger partial charge in [0.1, 0.15) is 0 Å². The fourth-order valence-corrected chi connectivity index (χ4v) is 5.39. The Hall–Kier alpha value is -1.43. The maximum atomic E-state index is 12.8. The second-order valence-corrected chi connectivity index (χ2v) is 9.55. The predicted molar refractivity (Wildman–Crippen MR) is 118 cm³/mol. The van der Waals surface area contributed by atoms with E-state index >= 15 is 0 Å². The van der Waals surface area contributed by atoms with Crippen LogP contribution >= 0.6 is 0 Å². The van der Waals surface area contributed by atoms with Crippen LogP contribution in [0.25, 0.3) is 0 Å². The third-order valence-electron chi connectivity index (χ3n) is 7.13. The minimum absolute atomic E-state index is 0.156. The molecule has 5 heteroatoms. The molecule has 29 heavy (non-hydrogen) atoms. The summed E-state index contributed by atoms with van der Waals surface area (Å²) < 4.78 is 0. The summed E-state index contributed by atoms with van der Waals surface area (Å²) in [6.45, 7) is 10.7. The summed E-state index contributed by atoms with van der Waals surface area (Å²) in [6, 6.07) is 9.19. The summed E-state index contributed by atoms with van der Waals surface area (Å²) in [5.74, 6) is 1.06. The monoisotopic (exact) mass is 398 g/mol. The molecule has 0 unspecified atom stereocenters. The van der Waals surface area contributed by atoms with Gasteiger partial charge in [0, 0.05) is 51.9 Å². The molecule has 2 heterocycles. The number of amides is 1.